The number of thiazole rings is 2. The van der Waals surface area contributed by atoms with Gasteiger partial charge in [0.2, 0.25) is 5.91 Å². The zero-order valence-electron chi connectivity index (χ0n) is 14.5. The van der Waals surface area contributed by atoms with Crippen LogP contribution in [0.3, 0.4) is 0 Å². The lowest BCUT2D eigenvalue weighted by Gasteiger charge is -2.24. The topological polar surface area (TPSA) is 100 Å². The summed E-state index contributed by atoms with van der Waals surface area (Å²) in [6.45, 7) is 3.58. The minimum absolute atomic E-state index is 0.0780. The molecule has 0 bridgehead atoms. The summed E-state index contributed by atoms with van der Waals surface area (Å²) in [4.78, 5) is 36.2. The number of aryl methyl sites for hydroxylation is 1. The van der Waals surface area contributed by atoms with Crippen molar-refractivity contribution in [3.8, 4) is 0 Å². The van der Waals surface area contributed by atoms with E-state index in [4.69, 9.17) is 4.42 Å². The molecular weight excluding hydrogens is 386 g/mol. The molecule has 4 heterocycles. The molecule has 2 amide bonds. The smallest absolute Gasteiger partial charge is 0.260 e. The second kappa shape index (κ2) is 7.59. The number of furan rings is 1. The van der Waals surface area contributed by atoms with Crippen molar-refractivity contribution < 1.29 is 14.0 Å². The number of nitrogens with one attached hydrogen (secondary N) is 2. The van der Waals surface area contributed by atoms with Gasteiger partial charge < -0.3 is 9.73 Å². The van der Waals surface area contributed by atoms with Crippen LogP contribution in [0.15, 0.2) is 28.4 Å². The van der Waals surface area contributed by atoms with Gasteiger partial charge in [-0.1, -0.05) is 0 Å². The summed E-state index contributed by atoms with van der Waals surface area (Å²) in [5.41, 5.74) is 2.33. The van der Waals surface area contributed by atoms with Crippen LogP contribution in [0.5, 0.6) is 0 Å². The maximum Gasteiger partial charge on any atom is 0.260 e. The van der Waals surface area contributed by atoms with Crippen LogP contribution in [0.4, 0.5) is 10.3 Å². The predicted molar refractivity (Wildman–Crippen MR) is 103 cm³/mol. The Morgan fingerprint density at radius 3 is 2.93 bits per heavy atom. The Morgan fingerprint density at radius 1 is 1.30 bits per heavy atom. The third kappa shape index (κ3) is 4.24. The average Bonchev–Trinajstić information content (AvgIpc) is 3.35. The number of rotatable bonds is 5. The van der Waals surface area contributed by atoms with E-state index in [0.717, 1.165) is 29.2 Å². The highest BCUT2D eigenvalue weighted by molar-refractivity contribution is 7.16. The fourth-order valence-corrected chi connectivity index (χ4v) is 4.52. The second-order valence-electron chi connectivity index (χ2n) is 6.16. The number of nitrogens with zero attached hydrogens (tertiary/aromatic N) is 3. The summed E-state index contributed by atoms with van der Waals surface area (Å²) in [7, 11) is 0. The Bertz CT molecular complexity index is 963. The number of aromatic nitrogens is 2. The van der Waals surface area contributed by atoms with Gasteiger partial charge in [-0.15, -0.1) is 22.7 Å². The molecular formula is C17H17N5O3S2. The van der Waals surface area contributed by atoms with Gasteiger partial charge in [-0.25, -0.2) is 9.97 Å². The molecule has 0 aromatic carbocycles. The van der Waals surface area contributed by atoms with Gasteiger partial charge in [0, 0.05) is 29.8 Å². The maximum absolute atomic E-state index is 12.2. The number of hydrogen-bond acceptors (Lipinski definition) is 8. The van der Waals surface area contributed by atoms with E-state index in [0.29, 0.717) is 28.9 Å². The second-order valence-corrected chi connectivity index (χ2v) is 8.10. The Kier molecular flexibility index (Phi) is 5.01. The molecule has 4 rings (SSSR count). The van der Waals surface area contributed by atoms with Crippen molar-refractivity contribution in [3.63, 3.8) is 0 Å². The van der Waals surface area contributed by atoms with E-state index < -0.39 is 0 Å². The van der Waals surface area contributed by atoms with E-state index in [2.05, 4.69) is 25.5 Å². The Labute approximate surface area is 163 Å². The van der Waals surface area contributed by atoms with Crippen molar-refractivity contribution >= 4 is 44.8 Å². The molecule has 0 fully saturated rings. The molecule has 10 heteroatoms. The van der Waals surface area contributed by atoms with Gasteiger partial charge >= 0.3 is 0 Å². The van der Waals surface area contributed by atoms with Crippen molar-refractivity contribution in [1.82, 2.24) is 14.9 Å². The summed E-state index contributed by atoms with van der Waals surface area (Å²) in [6, 6.07) is 1.60. The largest absolute Gasteiger partial charge is 0.472 e. The van der Waals surface area contributed by atoms with E-state index in [1.54, 1.807) is 6.07 Å². The Morgan fingerprint density at radius 2 is 2.19 bits per heavy atom. The first-order valence-corrected chi connectivity index (χ1v) is 10.0. The standard InChI is InChI=1S/C17H17N5O3S2/c1-10-9-26-16(18-10)20-14(23)7-22-4-2-12-13(6-22)27-17(19-12)21-15(24)11-3-5-25-8-11/h3,5,8-9H,2,4,6-7H2,1H3,(H,18,20,23)(H,19,21,24). The first-order chi connectivity index (χ1) is 13.1. The normalized spacial score (nSPS) is 14.0. The molecule has 0 radical (unpaired) electrons. The van der Waals surface area contributed by atoms with Crippen LogP contribution >= 0.6 is 22.7 Å². The first kappa shape index (κ1) is 17.8. The van der Waals surface area contributed by atoms with Crippen molar-refractivity contribution in [1.29, 1.82) is 0 Å². The molecule has 0 atom stereocenters. The minimum Gasteiger partial charge on any atom is -0.472 e. The monoisotopic (exact) mass is 403 g/mol. The number of hydrogen-bond donors (Lipinski definition) is 2. The quantitative estimate of drug-likeness (QED) is 0.679. The van der Waals surface area contributed by atoms with E-state index in [1.165, 1.54) is 35.2 Å². The zero-order valence-corrected chi connectivity index (χ0v) is 16.2. The van der Waals surface area contributed by atoms with E-state index >= 15 is 0 Å². The van der Waals surface area contributed by atoms with Gasteiger partial charge in [-0.2, -0.15) is 0 Å². The number of carbonyl (C=O) groups excluding carboxylic acids is 2. The Balaban J connectivity index is 1.35. The molecule has 1 aliphatic rings. The van der Waals surface area contributed by atoms with Crippen molar-refractivity contribution in [2.24, 2.45) is 0 Å². The summed E-state index contributed by atoms with van der Waals surface area (Å²) in [6.07, 6.45) is 3.60. The van der Waals surface area contributed by atoms with Gasteiger partial charge in [-0.3, -0.25) is 19.8 Å². The molecule has 3 aromatic heterocycles. The summed E-state index contributed by atoms with van der Waals surface area (Å²) < 4.78 is 4.92. The number of carbonyl (C=O) groups is 2. The number of anilines is 2. The SMILES string of the molecule is Cc1csc(NC(=O)CN2CCc3nc(NC(=O)c4ccoc4)sc3C2)n1. The summed E-state index contributed by atoms with van der Waals surface area (Å²) >= 11 is 2.86. The average molecular weight is 403 g/mol. The lowest BCUT2D eigenvalue weighted by Crippen LogP contribution is -2.36. The lowest BCUT2D eigenvalue weighted by molar-refractivity contribution is -0.117. The van der Waals surface area contributed by atoms with Gasteiger partial charge in [-0.05, 0) is 13.0 Å². The molecule has 2 N–H and O–H groups in total. The van der Waals surface area contributed by atoms with Crippen molar-refractivity contribution in [3.05, 3.63) is 45.8 Å². The van der Waals surface area contributed by atoms with Gasteiger partial charge in [0.1, 0.15) is 6.26 Å². The van der Waals surface area contributed by atoms with Gasteiger partial charge in [0.25, 0.3) is 5.91 Å². The van der Waals surface area contributed by atoms with E-state index in [9.17, 15) is 9.59 Å². The van der Waals surface area contributed by atoms with Crippen molar-refractivity contribution in [2.45, 2.75) is 19.9 Å². The zero-order chi connectivity index (χ0) is 18.8. The number of amides is 2. The number of fused-ring (bicyclic) bond motifs is 1. The van der Waals surface area contributed by atoms with Crippen LogP contribution in [0.25, 0.3) is 0 Å². The van der Waals surface area contributed by atoms with E-state index in [-0.39, 0.29) is 11.8 Å². The Hall–Kier alpha value is -2.56. The molecule has 0 saturated carbocycles. The lowest BCUT2D eigenvalue weighted by atomic mass is 10.2. The first-order valence-electron chi connectivity index (χ1n) is 8.33. The van der Waals surface area contributed by atoms with Crippen LogP contribution in [-0.2, 0) is 17.8 Å². The highest BCUT2D eigenvalue weighted by Gasteiger charge is 2.23. The third-order valence-electron chi connectivity index (χ3n) is 4.05. The molecule has 0 unspecified atom stereocenters. The maximum atomic E-state index is 12.2. The van der Waals surface area contributed by atoms with Gasteiger partial charge in [0.15, 0.2) is 10.3 Å². The predicted octanol–water partition coefficient (Wildman–Crippen LogP) is 2.75. The van der Waals surface area contributed by atoms with Crippen LogP contribution in [0, 0.1) is 6.92 Å². The highest BCUT2D eigenvalue weighted by atomic mass is 32.1. The molecule has 27 heavy (non-hydrogen) atoms. The van der Waals surface area contributed by atoms with Crippen molar-refractivity contribution in [2.75, 3.05) is 23.7 Å². The molecule has 0 aliphatic carbocycles. The highest BCUT2D eigenvalue weighted by Crippen LogP contribution is 2.28. The fraction of sp³-hybridized carbons (Fsp3) is 0.294. The molecule has 140 valence electrons. The molecule has 3 aromatic rings. The fourth-order valence-electron chi connectivity index (χ4n) is 2.77. The minimum atomic E-state index is -0.246. The molecule has 8 nitrogen and oxygen atoms in total. The third-order valence-corrected chi connectivity index (χ3v) is 5.92. The summed E-state index contributed by atoms with van der Waals surface area (Å²) in [5, 5.41) is 8.72. The molecule has 1 aliphatic heterocycles. The van der Waals surface area contributed by atoms with Gasteiger partial charge in [0.05, 0.1) is 29.8 Å². The van der Waals surface area contributed by atoms with Crippen LogP contribution < -0.4 is 10.6 Å². The van der Waals surface area contributed by atoms with Crippen LogP contribution in [0.2, 0.25) is 0 Å². The van der Waals surface area contributed by atoms with Crippen LogP contribution in [-0.4, -0.2) is 39.8 Å². The van der Waals surface area contributed by atoms with E-state index in [1.807, 2.05) is 12.3 Å². The summed E-state index contributed by atoms with van der Waals surface area (Å²) in [5.74, 6) is -0.323. The van der Waals surface area contributed by atoms with Crippen LogP contribution in [0.1, 0.15) is 26.6 Å². The molecule has 0 spiro atoms. The molecule has 0 saturated heterocycles.